The van der Waals surface area contributed by atoms with Gasteiger partial charge in [0.15, 0.2) is 0 Å². The number of pyridine rings is 2. The second-order valence-corrected chi connectivity index (χ2v) is 5.85. The summed E-state index contributed by atoms with van der Waals surface area (Å²) < 4.78 is 14.7. The topological polar surface area (TPSA) is 64.0 Å². The Kier molecular flexibility index (Phi) is 5.22. The van der Waals surface area contributed by atoms with Crippen LogP contribution in [-0.2, 0) is 13.0 Å². The highest BCUT2D eigenvalue weighted by atomic mass is 19.1. The van der Waals surface area contributed by atoms with E-state index >= 15 is 0 Å². The van der Waals surface area contributed by atoms with E-state index < -0.39 is 0 Å². The van der Waals surface area contributed by atoms with Crippen molar-refractivity contribution in [3.8, 4) is 0 Å². The molecule has 0 aliphatic rings. The zero-order chi connectivity index (χ0) is 18.5. The van der Waals surface area contributed by atoms with Crippen molar-refractivity contribution in [3.63, 3.8) is 0 Å². The first kappa shape index (κ1) is 17.5. The van der Waals surface area contributed by atoms with E-state index in [1.165, 1.54) is 35.0 Å². The number of aryl methyl sites for hydroxylation is 1. The molecule has 3 aromatic rings. The molecule has 0 aliphatic carbocycles. The highest BCUT2D eigenvalue weighted by Gasteiger charge is 2.08. The Labute approximate surface area is 150 Å². The third-order valence-electron chi connectivity index (χ3n) is 3.95. The van der Waals surface area contributed by atoms with Crippen LogP contribution in [0.4, 0.5) is 10.2 Å². The maximum Gasteiger partial charge on any atom is 0.258 e. The van der Waals surface area contributed by atoms with Gasteiger partial charge in [0.25, 0.3) is 11.5 Å². The molecule has 5 nitrogen and oxygen atoms in total. The molecule has 1 aromatic carbocycles. The first-order valence-corrected chi connectivity index (χ1v) is 8.26. The molecule has 0 fully saturated rings. The molecular weight excluding hydrogens is 333 g/mol. The summed E-state index contributed by atoms with van der Waals surface area (Å²) in [6.07, 6.45) is 3.73. The van der Waals surface area contributed by atoms with Crippen LogP contribution in [0.1, 0.15) is 28.4 Å². The second kappa shape index (κ2) is 7.74. The van der Waals surface area contributed by atoms with Crippen LogP contribution in [0, 0.1) is 5.82 Å². The van der Waals surface area contributed by atoms with Gasteiger partial charge in [-0.25, -0.2) is 9.37 Å². The van der Waals surface area contributed by atoms with E-state index in [1.54, 1.807) is 18.3 Å². The van der Waals surface area contributed by atoms with Crippen LogP contribution in [0.25, 0.3) is 0 Å². The molecule has 2 aromatic heterocycles. The molecule has 2 heterocycles. The lowest BCUT2D eigenvalue weighted by Gasteiger charge is -2.08. The van der Waals surface area contributed by atoms with Gasteiger partial charge in [0, 0.05) is 25.0 Å². The van der Waals surface area contributed by atoms with Gasteiger partial charge >= 0.3 is 0 Å². The maximum absolute atomic E-state index is 13.2. The average Bonchev–Trinajstić information content (AvgIpc) is 2.64. The smallest absolute Gasteiger partial charge is 0.258 e. The molecule has 0 radical (unpaired) electrons. The Bertz CT molecular complexity index is 981. The summed E-state index contributed by atoms with van der Waals surface area (Å²) in [6, 6.07) is 12.8. The van der Waals surface area contributed by atoms with E-state index in [9.17, 15) is 14.0 Å². The maximum atomic E-state index is 13.2. The fourth-order valence-corrected chi connectivity index (χ4v) is 2.59. The third-order valence-corrected chi connectivity index (χ3v) is 3.95. The van der Waals surface area contributed by atoms with Gasteiger partial charge in [-0.05, 0) is 48.7 Å². The summed E-state index contributed by atoms with van der Waals surface area (Å²) in [5, 5.41) is 2.70. The predicted octanol–water partition coefficient (Wildman–Crippen LogP) is 3.25. The van der Waals surface area contributed by atoms with Crippen LogP contribution in [-0.4, -0.2) is 15.5 Å². The third kappa shape index (κ3) is 4.22. The van der Waals surface area contributed by atoms with Crippen molar-refractivity contribution in [1.29, 1.82) is 0 Å². The SMILES string of the molecule is CCn1cc(C(=O)Nc2ccc(Cc3cccc(F)c3)cn2)ccc1=O. The highest BCUT2D eigenvalue weighted by Crippen LogP contribution is 2.13. The van der Waals surface area contributed by atoms with E-state index in [1.807, 2.05) is 19.1 Å². The van der Waals surface area contributed by atoms with Crippen molar-refractivity contribution < 1.29 is 9.18 Å². The number of benzene rings is 1. The van der Waals surface area contributed by atoms with Gasteiger partial charge in [-0.1, -0.05) is 18.2 Å². The fraction of sp³-hybridized carbons (Fsp3) is 0.150. The van der Waals surface area contributed by atoms with E-state index in [0.29, 0.717) is 24.3 Å². The normalized spacial score (nSPS) is 10.5. The van der Waals surface area contributed by atoms with E-state index in [0.717, 1.165) is 11.1 Å². The monoisotopic (exact) mass is 351 g/mol. The van der Waals surface area contributed by atoms with Gasteiger partial charge in [0.1, 0.15) is 11.6 Å². The number of halogens is 1. The number of hydrogen-bond donors (Lipinski definition) is 1. The van der Waals surface area contributed by atoms with Gasteiger partial charge in [-0.15, -0.1) is 0 Å². The Morgan fingerprint density at radius 3 is 2.69 bits per heavy atom. The average molecular weight is 351 g/mol. The fourth-order valence-electron chi connectivity index (χ4n) is 2.59. The van der Waals surface area contributed by atoms with Crippen LogP contribution in [0.15, 0.2) is 65.7 Å². The number of nitrogens with zero attached hydrogens (tertiary/aromatic N) is 2. The molecule has 3 rings (SSSR count). The summed E-state index contributed by atoms with van der Waals surface area (Å²) in [5.41, 5.74) is 2.00. The van der Waals surface area contributed by atoms with E-state index in [-0.39, 0.29) is 17.3 Å². The zero-order valence-corrected chi connectivity index (χ0v) is 14.3. The molecule has 0 saturated carbocycles. The Balaban J connectivity index is 1.69. The Morgan fingerprint density at radius 1 is 1.15 bits per heavy atom. The summed E-state index contributed by atoms with van der Waals surface area (Å²) in [7, 11) is 0. The quantitative estimate of drug-likeness (QED) is 0.767. The van der Waals surface area contributed by atoms with Crippen molar-refractivity contribution >= 4 is 11.7 Å². The van der Waals surface area contributed by atoms with Crippen molar-refractivity contribution in [1.82, 2.24) is 9.55 Å². The second-order valence-electron chi connectivity index (χ2n) is 5.85. The van der Waals surface area contributed by atoms with Gasteiger partial charge in [-0.3, -0.25) is 9.59 Å². The summed E-state index contributed by atoms with van der Waals surface area (Å²) >= 11 is 0. The van der Waals surface area contributed by atoms with Gasteiger partial charge in [0.05, 0.1) is 5.56 Å². The lowest BCUT2D eigenvalue weighted by molar-refractivity contribution is 0.102. The molecule has 0 spiro atoms. The van der Waals surface area contributed by atoms with Gasteiger partial charge in [-0.2, -0.15) is 0 Å². The number of carbonyl (C=O) groups excluding carboxylic acids is 1. The molecule has 0 aliphatic heterocycles. The van der Waals surface area contributed by atoms with Crippen molar-refractivity contribution in [2.75, 3.05) is 5.32 Å². The van der Waals surface area contributed by atoms with Crippen LogP contribution >= 0.6 is 0 Å². The minimum atomic E-state index is -0.336. The Morgan fingerprint density at radius 2 is 2.00 bits per heavy atom. The minimum Gasteiger partial charge on any atom is -0.315 e. The van der Waals surface area contributed by atoms with Crippen molar-refractivity contribution in [2.45, 2.75) is 19.9 Å². The standard InChI is InChI=1S/C20H18FN3O2/c1-2-24-13-16(7-9-19(24)25)20(26)23-18-8-6-15(12-22-18)10-14-4-3-5-17(21)11-14/h3-9,11-13H,2,10H2,1H3,(H,22,23,26). The molecule has 6 heteroatoms. The Hall–Kier alpha value is -3.28. The lowest BCUT2D eigenvalue weighted by atomic mass is 10.1. The molecule has 0 saturated heterocycles. The van der Waals surface area contributed by atoms with E-state index in [2.05, 4.69) is 10.3 Å². The van der Waals surface area contributed by atoms with Crippen LogP contribution in [0.3, 0.4) is 0 Å². The number of nitrogens with one attached hydrogen (secondary N) is 1. The molecule has 1 amide bonds. The molecule has 0 atom stereocenters. The molecular formula is C20H18FN3O2. The van der Waals surface area contributed by atoms with Crippen molar-refractivity contribution in [3.05, 3.63) is 93.8 Å². The summed E-state index contributed by atoms with van der Waals surface area (Å²) in [6.45, 7) is 2.33. The molecule has 26 heavy (non-hydrogen) atoms. The van der Waals surface area contributed by atoms with Crippen molar-refractivity contribution in [2.24, 2.45) is 0 Å². The highest BCUT2D eigenvalue weighted by molar-refractivity contribution is 6.03. The molecule has 0 unspecified atom stereocenters. The van der Waals surface area contributed by atoms with E-state index in [4.69, 9.17) is 0 Å². The van der Waals surface area contributed by atoms with Gasteiger partial charge < -0.3 is 9.88 Å². The molecule has 132 valence electrons. The van der Waals surface area contributed by atoms with Crippen LogP contribution in [0.5, 0.6) is 0 Å². The van der Waals surface area contributed by atoms with Crippen LogP contribution in [0.2, 0.25) is 0 Å². The number of anilines is 1. The number of rotatable bonds is 5. The summed E-state index contributed by atoms with van der Waals surface area (Å²) in [5.74, 6) is -0.197. The molecule has 0 bridgehead atoms. The first-order chi connectivity index (χ1) is 12.5. The number of amides is 1. The first-order valence-electron chi connectivity index (χ1n) is 8.26. The number of aromatic nitrogens is 2. The van der Waals surface area contributed by atoms with Crippen LogP contribution < -0.4 is 10.9 Å². The predicted molar refractivity (Wildman–Crippen MR) is 97.8 cm³/mol. The zero-order valence-electron chi connectivity index (χ0n) is 14.3. The van der Waals surface area contributed by atoms with Gasteiger partial charge in [0.2, 0.25) is 0 Å². The number of carbonyl (C=O) groups is 1. The number of hydrogen-bond acceptors (Lipinski definition) is 3. The molecule has 1 N–H and O–H groups in total. The summed E-state index contributed by atoms with van der Waals surface area (Å²) in [4.78, 5) is 28.1. The largest absolute Gasteiger partial charge is 0.315 e. The minimum absolute atomic E-state index is 0.149. The lowest BCUT2D eigenvalue weighted by Crippen LogP contribution is -2.21.